The van der Waals surface area contributed by atoms with E-state index in [0.29, 0.717) is 5.92 Å². The number of aryl methyl sites for hydroxylation is 2. The minimum atomic E-state index is 0.0213. The molecule has 3 aromatic rings. The van der Waals surface area contributed by atoms with E-state index in [2.05, 4.69) is 57.6 Å². The molecular formula is C26H36N6O. The number of fused-ring (bicyclic) bond motifs is 2. The Hall–Kier alpha value is -3.22. The summed E-state index contributed by atoms with van der Waals surface area (Å²) < 4.78 is 0. The first-order chi connectivity index (χ1) is 16.0. The first-order valence-electron chi connectivity index (χ1n) is 11.9. The van der Waals surface area contributed by atoms with E-state index in [-0.39, 0.29) is 5.91 Å². The van der Waals surface area contributed by atoms with Crippen LogP contribution < -0.4 is 4.90 Å². The molecule has 1 atom stereocenters. The Morgan fingerprint density at radius 1 is 1.18 bits per heavy atom. The molecule has 1 saturated heterocycles. The molecule has 176 valence electrons. The molecule has 1 aliphatic carbocycles. The molecule has 0 bridgehead atoms. The average Bonchev–Trinajstić information content (AvgIpc) is 3.32. The molecule has 1 amide bonds. The number of aromatic nitrogens is 4. The molecule has 1 aromatic carbocycles. The number of carbonyl (C=O) groups is 1. The van der Waals surface area contributed by atoms with Crippen LogP contribution in [-0.4, -0.2) is 57.2 Å². The third-order valence-corrected chi connectivity index (χ3v) is 6.10. The number of amides is 1. The van der Waals surface area contributed by atoms with E-state index >= 15 is 0 Å². The Labute approximate surface area is 196 Å². The summed E-state index contributed by atoms with van der Waals surface area (Å²) in [6, 6.07) is 6.22. The van der Waals surface area contributed by atoms with Gasteiger partial charge < -0.3 is 9.80 Å². The number of hydrogen-bond donors (Lipinski definition) is 1. The predicted molar refractivity (Wildman–Crippen MR) is 134 cm³/mol. The minimum absolute atomic E-state index is 0.0213. The topological polar surface area (TPSA) is 78.0 Å². The quantitative estimate of drug-likeness (QED) is 0.590. The summed E-state index contributed by atoms with van der Waals surface area (Å²) in [6.45, 7) is 15.1. The number of piperazine rings is 1. The van der Waals surface area contributed by atoms with Gasteiger partial charge >= 0.3 is 0 Å². The summed E-state index contributed by atoms with van der Waals surface area (Å²) in [7, 11) is 0. The summed E-state index contributed by atoms with van der Waals surface area (Å²) in [5.41, 5.74) is 4.90. The molecule has 1 unspecified atom stereocenters. The van der Waals surface area contributed by atoms with Crippen molar-refractivity contribution in [3.63, 3.8) is 0 Å². The zero-order valence-corrected chi connectivity index (χ0v) is 20.3. The van der Waals surface area contributed by atoms with Crippen molar-refractivity contribution in [2.24, 2.45) is 5.92 Å². The molecule has 1 fully saturated rings. The number of aromatic amines is 1. The molecule has 0 radical (unpaired) electrons. The maximum absolute atomic E-state index is 11.6. The van der Waals surface area contributed by atoms with Gasteiger partial charge in [0.05, 0.1) is 11.7 Å². The number of carbonyl (C=O) groups excluding carboxylic acids is 1. The van der Waals surface area contributed by atoms with Gasteiger partial charge in [-0.05, 0) is 50.3 Å². The van der Waals surface area contributed by atoms with Gasteiger partial charge in [-0.3, -0.25) is 9.89 Å². The number of nitrogens with zero attached hydrogens (tertiary/aromatic N) is 5. The number of H-pyrrole nitrogens is 1. The lowest BCUT2D eigenvalue weighted by Gasteiger charge is -2.36. The van der Waals surface area contributed by atoms with Gasteiger partial charge in [0.15, 0.2) is 0 Å². The molecule has 2 aliphatic rings. The van der Waals surface area contributed by atoms with Gasteiger partial charge in [-0.15, -0.1) is 0 Å². The zero-order valence-electron chi connectivity index (χ0n) is 20.3. The van der Waals surface area contributed by atoms with Crippen LogP contribution in [0.15, 0.2) is 43.4 Å². The lowest BCUT2D eigenvalue weighted by molar-refractivity contribution is -0.126. The molecule has 7 nitrogen and oxygen atoms in total. The second kappa shape index (κ2) is 11.6. The van der Waals surface area contributed by atoms with Crippen molar-refractivity contribution in [3.8, 4) is 0 Å². The monoisotopic (exact) mass is 448 g/mol. The molecule has 3 heterocycles. The van der Waals surface area contributed by atoms with Gasteiger partial charge in [-0.25, -0.2) is 9.97 Å². The van der Waals surface area contributed by atoms with Gasteiger partial charge in [0.2, 0.25) is 5.91 Å². The van der Waals surface area contributed by atoms with Crippen LogP contribution in [0.1, 0.15) is 44.0 Å². The molecule has 2 aromatic heterocycles. The van der Waals surface area contributed by atoms with Crippen LogP contribution >= 0.6 is 0 Å². The third-order valence-electron chi connectivity index (χ3n) is 6.10. The molecular weight excluding hydrogens is 412 g/mol. The normalized spacial score (nSPS) is 17.3. The Kier molecular flexibility index (Phi) is 8.58. The van der Waals surface area contributed by atoms with Crippen LogP contribution in [0.5, 0.6) is 0 Å². The fourth-order valence-electron chi connectivity index (χ4n) is 4.30. The zero-order chi connectivity index (χ0) is 23.8. The van der Waals surface area contributed by atoms with Gasteiger partial charge in [0.25, 0.3) is 0 Å². The van der Waals surface area contributed by atoms with Crippen molar-refractivity contribution in [2.75, 3.05) is 31.1 Å². The first kappa shape index (κ1) is 24.4. The predicted octanol–water partition coefficient (Wildman–Crippen LogP) is 4.33. The van der Waals surface area contributed by atoms with E-state index in [4.69, 9.17) is 0 Å². The highest BCUT2D eigenvalue weighted by Crippen LogP contribution is 2.30. The summed E-state index contributed by atoms with van der Waals surface area (Å²) in [5, 5.41) is 7.99. The average molecular weight is 449 g/mol. The number of hydrogen-bond acceptors (Lipinski definition) is 5. The summed E-state index contributed by atoms with van der Waals surface area (Å²) in [5.74, 6) is 1.80. The standard InChI is InChI=1S/C16H22N4O.C8H8N2.C2H6/c1-3-15(21)19-6-8-20(9-7-19)16-13-10-12(2)4-5-14(13)17-11-18-16;1-6-2-3-8-7(4-6)5-9-10-8;1-2/h3,11-12H,1,4-10H2,2H3;2-5H,1H3,(H,9,10);1-2H3. The third kappa shape index (κ3) is 5.97. The number of anilines is 1. The van der Waals surface area contributed by atoms with Gasteiger partial charge in [0.1, 0.15) is 12.1 Å². The van der Waals surface area contributed by atoms with Crippen LogP contribution in [0.3, 0.4) is 0 Å². The van der Waals surface area contributed by atoms with Crippen molar-refractivity contribution >= 4 is 22.6 Å². The van der Waals surface area contributed by atoms with E-state index in [0.717, 1.165) is 50.4 Å². The summed E-state index contributed by atoms with van der Waals surface area (Å²) in [4.78, 5) is 24.8. The van der Waals surface area contributed by atoms with E-state index < -0.39 is 0 Å². The second-order valence-corrected chi connectivity index (χ2v) is 8.45. The maximum Gasteiger partial charge on any atom is 0.246 e. The van der Waals surface area contributed by atoms with Crippen molar-refractivity contribution in [1.29, 1.82) is 0 Å². The molecule has 0 spiro atoms. The highest BCUT2D eigenvalue weighted by Gasteiger charge is 2.26. The van der Waals surface area contributed by atoms with Crippen LogP contribution in [0, 0.1) is 12.8 Å². The van der Waals surface area contributed by atoms with Crippen LogP contribution in [-0.2, 0) is 17.6 Å². The second-order valence-electron chi connectivity index (χ2n) is 8.45. The van der Waals surface area contributed by atoms with Crippen LogP contribution in [0.2, 0.25) is 0 Å². The van der Waals surface area contributed by atoms with Crippen molar-refractivity contribution in [3.05, 3.63) is 60.2 Å². The number of rotatable bonds is 2. The summed E-state index contributed by atoms with van der Waals surface area (Å²) >= 11 is 0. The number of benzene rings is 1. The van der Waals surface area contributed by atoms with Crippen LogP contribution in [0.25, 0.3) is 10.9 Å². The van der Waals surface area contributed by atoms with Crippen molar-refractivity contribution < 1.29 is 4.79 Å². The fourth-order valence-corrected chi connectivity index (χ4v) is 4.30. The highest BCUT2D eigenvalue weighted by atomic mass is 16.2. The lowest BCUT2D eigenvalue weighted by Crippen LogP contribution is -2.49. The largest absolute Gasteiger partial charge is 0.353 e. The van der Waals surface area contributed by atoms with Crippen LogP contribution in [0.4, 0.5) is 5.82 Å². The molecule has 0 saturated carbocycles. The van der Waals surface area contributed by atoms with Crippen molar-refractivity contribution in [1.82, 2.24) is 25.1 Å². The van der Waals surface area contributed by atoms with E-state index in [1.54, 1.807) is 6.33 Å². The molecule has 7 heteroatoms. The number of nitrogens with one attached hydrogen (secondary N) is 1. The van der Waals surface area contributed by atoms with Gasteiger partial charge in [0, 0.05) is 42.8 Å². The smallest absolute Gasteiger partial charge is 0.246 e. The molecule has 1 N–H and O–H groups in total. The van der Waals surface area contributed by atoms with Gasteiger partial charge in [-0.1, -0.05) is 39.0 Å². The summed E-state index contributed by atoms with van der Waals surface area (Å²) in [6.07, 6.45) is 8.25. The van der Waals surface area contributed by atoms with E-state index in [9.17, 15) is 4.79 Å². The molecule has 33 heavy (non-hydrogen) atoms. The van der Waals surface area contributed by atoms with Gasteiger partial charge in [-0.2, -0.15) is 5.10 Å². The van der Waals surface area contributed by atoms with E-state index in [1.165, 1.54) is 34.7 Å². The molecule has 1 aliphatic heterocycles. The fraction of sp³-hybridized carbons (Fsp3) is 0.462. The Morgan fingerprint density at radius 2 is 1.94 bits per heavy atom. The minimum Gasteiger partial charge on any atom is -0.353 e. The van der Waals surface area contributed by atoms with Crippen molar-refractivity contribution in [2.45, 2.75) is 47.0 Å². The first-order valence-corrected chi connectivity index (χ1v) is 11.9. The van der Waals surface area contributed by atoms with E-state index in [1.807, 2.05) is 31.0 Å². The Bertz CT molecular complexity index is 1070. The Balaban J connectivity index is 0.000000212. The Morgan fingerprint density at radius 3 is 2.67 bits per heavy atom. The SMILES string of the molecule is C=CC(=O)N1CCN(c2ncnc3c2CC(C)CC3)CC1.CC.Cc1ccc2[nH]ncc2c1. The lowest BCUT2D eigenvalue weighted by atomic mass is 9.88. The molecule has 5 rings (SSSR count). The highest BCUT2D eigenvalue weighted by molar-refractivity contribution is 5.87. The maximum atomic E-state index is 11.6.